The molecule has 0 bridgehead atoms. The second-order valence-corrected chi connectivity index (χ2v) is 6.94. The molecule has 1 N–H and O–H groups in total. The molecule has 130 valence electrons. The summed E-state index contributed by atoms with van der Waals surface area (Å²) in [5.41, 5.74) is 1.08. The molecule has 25 heavy (non-hydrogen) atoms. The minimum absolute atomic E-state index is 0.0202. The van der Waals surface area contributed by atoms with Gasteiger partial charge in [-0.15, -0.1) is 0 Å². The number of hydrogen-bond acceptors (Lipinski definition) is 4. The predicted molar refractivity (Wildman–Crippen MR) is 101 cm³/mol. The van der Waals surface area contributed by atoms with Crippen molar-refractivity contribution < 1.29 is 18.7 Å². The number of hydrogen-bond donors (Lipinski definition) is 1. The Morgan fingerprint density at radius 1 is 1.24 bits per heavy atom. The molecule has 1 aromatic heterocycles. The normalized spacial score (nSPS) is 15.1. The largest absolute Gasteiger partial charge is 0.452 e. The van der Waals surface area contributed by atoms with Crippen LogP contribution in [0.2, 0.25) is 0 Å². The highest BCUT2D eigenvalue weighted by Gasteiger charge is 2.33. The van der Waals surface area contributed by atoms with Gasteiger partial charge in [0.1, 0.15) is 5.76 Å². The first kappa shape index (κ1) is 17.7. The number of ether oxygens (including phenoxy) is 1. The van der Waals surface area contributed by atoms with Gasteiger partial charge in [0, 0.05) is 6.08 Å². The number of rotatable bonds is 7. The molecule has 2 aromatic rings. The van der Waals surface area contributed by atoms with Gasteiger partial charge in [0.2, 0.25) is 0 Å². The molecule has 1 aliphatic carbocycles. The molecule has 6 heteroatoms. The molecule has 0 radical (unpaired) electrons. The first-order chi connectivity index (χ1) is 12.1. The Balaban J connectivity index is 1.48. The number of amides is 1. The fourth-order valence-electron chi connectivity index (χ4n) is 2.53. The molecule has 0 spiro atoms. The average molecular weight is 451 g/mol. The van der Waals surface area contributed by atoms with Crippen LogP contribution >= 0.6 is 22.6 Å². The molecule has 1 aliphatic rings. The van der Waals surface area contributed by atoms with E-state index < -0.39 is 5.97 Å². The average Bonchev–Trinajstić information content (AvgIpc) is 3.38. The van der Waals surface area contributed by atoms with Gasteiger partial charge < -0.3 is 14.5 Å². The third-order valence-corrected chi connectivity index (χ3v) is 4.47. The van der Waals surface area contributed by atoms with Crippen molar-refractivity contribution in [3.63, 3.8) is 0 Å². The van der Waals surface area contributed by atoms with Crippen molar-refractivity contribution in [2.45, 2.75) is 18.9 Å². The van der Waals surface area contributed by atoms with E-state index in [1.165, 1.54) is 12.2 Å². The number of benzene rings is 1. The van der Waals surface area contributed by atoms with Crippen molar-refractivity contribution in [2.75, 3.05) is 6.61 Å². The lowest BCUT2D eigenvalue weighted by molar-refractivity contribution is -0.144. The number of esters is 1. The highest BCUT2D eigenvalue weighted by atomic mass is 127. The molecule has 1 fully saturated rings. The maximum absolute atomic E-state index is 12.1. The van der Waals surface area contributed by atoms with Crippen LogP contribution in [0.4, 0.5) is 0 Å². The predicted octanol–water partition coefficient (Wildman–Crippen LogP) is 3.71. The van der Waals surface area contributed by atoms with Gasteiger partial charge in [0.15, 0.2) is 10.4 Å². The molecule has 1 saturated carbocycles. The fourth-order valence-corrected chi connectivity index (χ4v) is 2.97. The Kier molecular flexibility index (Phi) is 5.91. The maximum atomic E-state index is 12.1. The smallest absolute Gasteiger partial charge is 0.331 e. The standard InChI is InChI=1S/C19H18INO4/c20-16-10-8-15(25-16)9-11-18(23)24-12-17(22)21-19(14-6-7-14)13-4-2-1-3-5-13/h1-5,8-11,14,19H,6-7,12H2,(H,21,22)/b11-9+. The molecule has 1 unspecified atom stereocenters. The van der Waals surface area contributed by atoms with Crippen LogP contribution in [0.25, 0.3) is 6.08 Å². The van der Waals surface area contributed by atoms with Gasteiger partial charge in [-0.25, -0.2) is 4.79 Å². The van der Waals surface area contributed by atoms with Gasteiger partial charge in [-0.2, -0.15) is 0 Å². The number of nitrogens with one attached hydrogen (secondary N) is 1. The highest BCUT2D eigenvalue weighted by Crippen LogP contribution is 2.40. The van der Waals surface area contributed by atoms with E-state index in [9.17, 15) is 9.59 Å². The molecule has 1 heterocycles. The Hall–Kier alpha value is -2.09. The summed E-state index contributed by atoms with van der Waals surface area (Å²) < 4.78 is 11.0. The van der Waals surface area contributed by atoms with Gasteiger partial charge in [-0.05, 0) is 65.1 Å². The molecule has 5 nitrogen and oxygen atoms in total. The zero-order chi connectivity index (χ0) is 17.6. The van der Waals surface area contributed by atoms with Crippen LogP contribution in [-0.4, -0.2) is 18.5 Å². The van der Waals surface area contributed by atoms with Gasteiger partial charge in [-0.3, -0.25) is 4.79 Å². The molecule has 0 aliphatic heterocycles. The van der Waals surface area contributed by atoms with Crippen LogP contribution in [0.15, 0.2) is 53.0 Å². The highest BCUT2D eigenvalue weighted by molar-refractivity contribution is 14.1. The quantitative estimate of drug-likeness (QED) is 0.396. The van der Waals surface area contributed by atoms with Crippen molar-refractivity contribution in [3.05, 3.63) is 63.6 Å². The lowest BCUT2D eigenvalue weighted by Crippen LogP contribution is -2.33. The van der Waals surface area contributed by atoms with Gasteiger partial charge in [-0.1, -0.05) is 30.3 Å². The first-order valence-corrected chi connectivity index (χ1v) is 9.14. The van der Waals surface area contributed by atoms with Crippen LogP contribution in [0, 0.1) is 9.68 Å². The van der Waals surface area contributed by atoms with Crippen LogP contribution in [0.1, 0.15) is 30.2 Å². The second kappa shape index (κ2) is 8.33. The summed E-state index contributed by atoms with van der Waals surface area (Å²) in [7, 11) is 0. The second-order valence-electron chi connectivity index (χ2n) is 5.88. The molecule has 1 amide bonds. The van der Waals surface area contributed by atoms with E-state index in [2.05, 4.69) is 5.32 Å². The summed E-state index contributed by atoms with van der Waals surface area (Å²) in [6.07, 6.45) is 4.96. The van der Waals surface area contributed by atoms with E-state index >= 15 is 0 Å². The first-order valence-electron chi connectivity index (χ1n) is 8.06. The monoisotopic (exact) mass is 451 g/mol. The number of carbonyl (C=O) groups excluding carboxylic acids is 2. The Labute approximate surface area is 159 Å². The molecule has 3 rings (SSSR count). The van der Waals surface area contributed by atoms with Crippen LogP contribution in [-0.2, 0) is 14.3 Å². The van der Waals surface area contributed by atoms with Crippen molar-refractivity contribution in [3.8, 4) is 0 Å². The molecule has 1 aromatic carbocycles. The lowest BCUT2D eigenvalue weighted by Gasteiger charge is -2.18. The van der Waals surface area contributed by atoms with Crippen molar-refractivity contribution in [1.29, 1.82) is 0 Å². The molecular weight excluding hydrogens is 433 g/mol. The Morgan fingerprint density at radius 2 is 2.00 bits per heavy atom. The minimum atomic E-state index is -0.579. The Bertz CT molecular complexity index is 765. The topological polar surface area (TPSA) is 68.5 Å². The van der Waals surface area contributed by atoms with Gasteiger partial charge in [0.05, 0.1) is 6.04 Å². The zero-order valence-corrected chi connectivity index (χ0v) is 15.6. The maximum Gasteiger partial charge on any atom is 0.331 e. The summed E-state index contributed by atoms with van der Waals surface area (Å²) in [5.74, 6) is 0.145. The van der Waals surface area contributed by atoms with E-state index in [-0.39, 0.29) is 18.6 Å². The van der Waals surface area contributed by atoms with E-state index in [1.807, 2.05) is 52.9 Å². The van der Waals surface area contributed by atoms with Gasteiger partial charge in [0.25, 0.3) is 5.91 Å². The summed E-state index contributed by atoms with van der Waals surface area (Å²) in [6.45, 7) is -0.297. The van der Waals surface area contributed by atoms with Crippen molar-refractivity contribution in [2.24, 2.45) is 5.92 Å². The van der Waals surface area contributed by atoms with E-state index in [4.69, 9.17) is 9.15 Å². The Morgan fingerprint density at radius 3 is 2.64 bits per heavy atom. The van der Waals surface area contributed by atoms with Crippen LogP contribution < -0.4 is 5.32 Å². The SMILES string of the molecule is O=C(COC(=O)/C=C/c1ccc(I)o1)NC(c1ccccc1)C1CC1. The summed E-state index contributed by atoms with van der Waals surface area (Å²) in [5, 5.41) is 2.97. The minimum Gasteiger partial charge on any atom is -0.452 e. The molecule has 0 saturated heterocycles. The van der Waals surface area contributed by atoms with E-state index in [0.29, 0.717) is 11.7 Å². The van der Waals surface area contributed by atoms with Crippen molar-refractivity contribution in [1.82, 2.24) is 5.32 Å². The lowest BCUT2D eigenvalue weighted by atomic mass is 10.0. The zero-order valence-electron chi connectivity index (χ0n) is 13.5. The third kappa shape index (κ3) is 5.45. The summed E-state index contributed by atoms with van der Waals surface area (Å²) >= 11 is 2.04. The van der Waals surface area contributed by atoms with Crippen LogP contribution in [0.3, 0.4) is 0 Å². The third-order valence-electron chi connectivity index (χ3n) is 3.89. The van der Waals surface area contributed by atoms with Gasteiger partial charge >= 0.3 is 5.97 Å². The number of halogens is 1. The van der Waals surface area contributed by atoms with E-state index in [1.54, 1.807) is 12.1 Å². The number of carbonyl (C=O) groups is 2. The summed E-state index contributed by atoms with van der Waals surface area (Å²) in [4.78, 5) is 23.8. The van der Waals surface area contributed by atoms with Crippen LogP contribution in [0.5, 0.6) is 0 Å². The summed E-state index contributed by atoms with van der Waals surface area (Å²) in [6, 6.07) is 13.4. The molecular formula is C19H18INO4. The number of furan rings is 1. The van der Waals surface area contributed by atoms with E-state index in [0.717, 1.165) is 22.2 Å². The van der Waals surface area contributed by atoms with Crippen molar-refractivity contribution >= 4 is 40.5 Å². The molecule has 1 atom stereocenters. The fraction of sp³-hybridized carbons (Fsp3) is 0.263.